The van der Waals surface area contributed by atoms with Gasteiger partial charge in [0.2, 0.25) is 0 Å². The number of piperazine rings is 1. The zero-order valence-electron chi connectivity index (χ0n) is 19.1. The molecule has 170 valence electrons. The summed E-state index contributed by atoms with van der Waals surface area (Å²) in [5.41, 5.74) is 5.21. The predicted octanol–water partition coefficient (Wildman–Crippen LogP) is 4.68. The zero-order chi connectivity index (χ0) is 21.7. The maximum Gasteiger partial charge on any atom is 0.185 e. The fourth-order valence-corrected chi connectivity index (χ4v) is 5.64. The van der Waals surface area contributed by atoms with E-state index in [9.17, 15) is 0 Å². The van der Waals surface area contributed by atoms with Gasteiger partial charge in [-0.2, -0.15) is 0 Å². The monoisotopic (exact) mass is 443 g/mol. The summed E-state index contributed by atoms with van der Waals surface area (Å²) >= 11 is 1.77. The highest BCUT2D eigenvalue weighted by Gasteiger charge is 2.26. The van der Waals surface area contributed by atoms with Gasteiger partial charge in [0.05, 0.1) is 12.3 Å². The standard InChI is InChI=1S/C25H37N3O2S/c1-25(2)9-6-16-30-18-21-8-7-20(17-22(21)25)23-19-31-24(26-23)28-13-11-27(12-14-28)10-4-3-5-15-29/h7-8,17,19,29H,3-6,9-16,18H2,1-2H3. The van der Waals surface area contributed by atoms with Gasteiger partial charge in [-0.25, -0.2) is 4.98 Å². The number of rotatable bonds is 7. The first-order valence-corrected chi connectivity index (χ1v) is 12.7. The van der Waals surface area contributed by atoms with Crippen LogP contribution in [0.1, 0.15) is 57.1 Å². The predicted molar refractivity (Wildman–Crippen MR) is 129 cm³/mol. The maximum absolute atomic E-state index is 8.92. The Balaban J connectivity index is 1.41. The van der Waals surface area contributed by atoms with Crippen molar-refractivity contribution < 1.29 is 9.84 Å². The van der Waals surface area contributed by atoms with Gasteiger partial charge in [0.15, 0.2) is 5.13 Å². The lowest BCUT2D eigenvalue weighted by atomic mass is 9.77. The summed E-state index contributed by atoms with van der Waals surface area (Å²) in [6.07, 6.45) is 5.49. The number of benzene rings is 1. The van der Waals surface area contributed by atoms with Crippen LogP contribution in [0.25, 0.3) is 11.3 Å². The molecule has 1 aromatic carbocycles. The van der Waals surface area contributed by atoms with Crippen molar-refractivity contribution in [2.45, 2.75) is 58.0 Å². The van der Waals surface area contributed by atoms with E-state index in [0.717, 1.165) is 75.8 Å². The highest BCUT2D eigenvalue weighted by molar-refractivity contribution is 7.14. The molecule has 1 saturated heterocycles. The number of anilines is 1. The molecule has 3 heterocycles. The van der Waals surface area contributed by atoms with Crippen molar-refractivity contribution in [1.82, 2.24) is 9.88 Å². The second-order valence-electron chi connectivity index (χ2n) is 9.54. The van der Waals surface area contributed by atoms with Crippen LogP contribution in [0.2, 0.25) is 0 Å². The van der Waals surface area contributed by atoms with Crippen LogP contribution in [0.5, 0.6) is 0 Å². The summed E-state index contributed by atoms with van der Waals surface area (Å²) in [4.78, 5) is 10.00. The van der Waals surface area contributed by atoms with Crippen molar-refractivity contribution >= 4 is 16.5 Å². The number of aliphatic hydroxyl groups excluding tert-OH is 1. The molecule has 0 bridgehead atoms. The van der Waals surface area contributed by atoms with Crippen LogP contribution in [0.15, 0.2) is 23.6 Å². The minimum atomic E-state index is 0.168. The molecule has 4 rings (SSSR count). The molecule has 6 heteroatoms. The molecule has 0 amide bonds. The summed E-state index contributed by atoms with van der Waals surface area (Å²) in [6.45, 7) is 12.0. The first-order valence-electron chi connectivity index (χ1n) is 11.8. The molecule has 0 spiro atoms. The molecule has 31 heavy (non-hydrogen) atoms. The van der Waals surface area contributed by atoms with Crippen molar-refractivity contribution in [2.24, 2.45) is 0 Å². The van der Waals surface area contributed by atoms with E-state index < -0.39 is 0 Å². The number of thiazole rings is 1. The topological polar surface area (TPSA) is 48.8 Å². The fraction of sp³-hybridized carbons (Fsp3) is 0.640. The summed E-state index contributed by atoms with van der Waals surface area (Å²) in [5, 5.41) is 12.3. The van der Waals surface area contributed by atoms with Crippen LogP contribution in [0.4, 0.5) is 5.13 Å². The Morgan fingerprint density at radius 1 is 1.13 bits per heavy atom. The molecule has 1 aromatic heterocycles. The first-order chi connectivity index (χ1) is 15.1. The summed E-state index contributed by atoms with van der Waals surface area (Å²) in [6, 6.07) is 6.81. The third-order valence-corrected chi connectivity index (χ3v) is 7.65. The van der Waals surface area contributed by atoms with Crippen LogP contribution < -0.4 is 4.90 Å². The average molecular weight is 444 g/mol. The zero-order valence-corrected chi connectivity index (χ0v) is 19.9. The van der Waals surface area contributed by atoms with Gasteiger partial charge in [-0.1, -0.05) is 26.0 Å². The SMILES string of the molecule is CC1(C)CCCOCc2ccc(-c3csc(N4CCN(CCCCCO)CC4)n3)cc21. The molecular formula is C25H37N3O2S. The minimum absolute atomic E-state index is 0.168. The Hall–Kier alpha value is -1.47. The van der Waals surface area contributed by atoms with Gasteiger partial charge < -0.3 is 14.7 Å². The Morgan fingerprint density at radius 3 is 2.77 bits per heavy atom. The smallest absolute Gasteiger partial charge is 0.185 e. The lowest BCUT2D eigenvalue weighted by Gasteiger charge is -2.34. The number of ether oxygens (including phenoxy) is 1. The molecule has 0 unspecified atom stereocenters. The van der Waals surface area contributed by atoms with Gasteiger partial charge in [0, 0.05) is 50.3 Å². The maximum atomic E-state index is 8.92. The van der Waals surface area contributed by atoms with E-state index in [-0.39, 0.29) is 5.41 Å². The Bertz CT molecular complexity index is 843. The molecule has 0 atom stereocenters. The van der Waals surface area contributed by atoms with Crippen molar-refractivity contribution in [3.63, 3.8) is 0 Å². The van der Waals surface area contributed by atoms with E-state index in [4.69, 9.17) is 14.8 Å². The van der Waals surface area contributed by atoms with E-state index >= 15 is 0 Å². The quantitative estimate of drug-likeness (QED) is 0.630. The number of hydrogen-bond donors (Lipinski definition) is 1. The average Bonchev–Trinajstić information content (AvgIpc) is 3.26. The number of nitrogens with zero attached hydrogens (tertiary/aromatic N) is 3. The number of aromatic nitrogens is 1. The van der Waals surface area contributed by atoms with E-state index in [1.54, 1.807) is 11.3 Å². The van der Waals surface area contributed by atoms with Gasteiger partial charge >= 0.3 is 0 Å². The molecule has 2 aliphatic heterocycles. The normalized spacial score (nSPS) is 19.6. The third-order valence-electron chi connectivity index (χ3n) is 6.75. The molecule has 2 aliphatic rings. The van der Waals surface area contributed by atoms with Crippen molar-refractivity contribution in [3.8, 4) is 11.3 Å². The number of unbranched alkanes of at least 4 members (excludes halogenated alkanes) is 2. The van der Waals surface area contributed by atoms with Crippen molar-refractivity contribution in [1.29, 1.82) is 0 Å². The van der Waals surface area contributed by atoms with E-state index in [1.807, 2.05) is 0 Å². The van der Waals surface area contributed by atoms with E-state index in [1.165, 1.54) is 23.1 Å². The fourth-order valence-electron chi connectivity index (χ4n) is 4.75. The first kappa shape index (κ1) is 22.7. The molecule has 0 saturated carbocycles. The number of aliphatic hydroxyl groups is 1. The van der Waals surface area contributed by atoms with Crippen molar-refractivity contribution in [3.05, 3.63) is 34.7 Å². The molecule has 1 fully saturated rings. The Morgan fingerprint density at radius 2 is 1.97 bits per heavy atom. The van der Waals surface area contributed by atoms with Crippen LogP contribution in [-0.2, 0) is 16.8 Å². The third kappa shape index (κ3) is 5.67. The molecule has 1 N–H and O–H groups in total. The van der Waals surface area contributed by atoms with Gasteiger partial charge in [0.1, 0.15) is 0 Å². The second-order valence-corrected chi connectivity index (χ2v) is 10.4. The van der Waals surface area contributed by atoms with Gasteiger partial charge in [0.25, 0.3) is 0 Å². The van der Waals surface area contributed by atoms with Gasteiger partial charge in [-0.15, -0.1) is 11.3 Å². The lowest BCUT2D eigenvalue weighted by molar-refractivity contribution is 0.105. The summed E-state index contributed by atoms with van der Waals surface area (Å²) in [7, 11) is 0. The molecule has 2 aromatic rings. The van der Waals surface area contributed by atoms with Crippen molar-refractivity contribution in [2.75, 3.05) is 50.8 Å². The highest BCUT2D eigenvalue weighted by atomic mass is 32.1. The Kier molecular flexibility index (Phi) is 7.64. The largest absolute Gasteiger partial charge is 0.396 e. The molecular weight excluding hydrogens is 406 g/mol. The molecule has 0 aliphatic carbocycles. The van der Waals surface area contributed by atoms with Crippen LogP contribution in [0, 0.1) is 0 Å². The van der Waals surface area contributed by atoms with E-state index in [2.05, 4.69) is 47.2 Å². The number of fused-ring (bicyclic) bond motifs is 1. The Labute approximate surface area is 191 Å². The molecule has 5 nitrogen and oxygen atoms in total. The number of hydrogen-bond acceptors (Lipinski definition) is 6. The van der Waals surface area contributed by atoms with Gasteiger partial charge in [-0.05, 0) is 61.3 Å². The summed E-state index contributed by atoms with van der Waals surface area (Å²) < 4.78 is 5.83. The van der Waals surface area contributed by atoms with Gasteiger partial charge in [-0.3, -0.25) is 4.90 Å². The lowest BCUT2D eigenvalue weighted by Crippen LogP contribution is -2.46. The van der Waals surface area contributed by atoms with E-state index in [0.29, 0.717) is 13.2 Å². The molecule has 0 radical (unpaired) electrons. The van der Waals surface area contributed by atoms with Crippen LogP contribution >= 0.6 is 11.3 Å². The highest BCUT2D eigenvalue weighted by Crippen LogP contribution is 2.37. The van der Waals surface area contributed by atoms with Crippen LogP contribution in [0.3, 0.4) is 0 Å². The second kappa shape index (κ2) is 10.4. The summed E-state index contributed by atoms with van der Waals surface area (Å²) in [5.74, 6) is 0. The minimum Gasteiger partial charge on any atom is -0.396 e. The van der Waals surface area contributed by atoms with Crippen LogP contribution in [-0.4, -0.2) is 60.9 Å².